The number of amides is 1. The third-order valence-corrected chi connectivity index (χ3v) is 3.40. The van der Waals surface area contributed by atoms with Crippen molar-refractivity contribution in [2.45, 2.75) is 38.8 Å². The van der Waals surface area contributed by atoms with E-state index in [0.29, 0.717) is 13.0 Å². The molecule has 2 N–H and O–H groups in total. The van der Waals surface area contributed by atoms with Crippen LogP contribution < -0.4 is 5.32 Å². The minimum absolute atomic E-state index is 0.0561. The topological polar surface area (TPSA) is 76.4 Å². The number of β-amino-alcohol motifs (C(OH)–C–C–N with tert-alkyl or cyclic N) is 1. The maximum absolute atomic E-state index is 11.8. The summed E-state index contributed by atoms with van der Waals surface area (Å²) in [6, 6.07) is 2.14. The van der Waals surface area contributed by atoms with Crippen LogP contribution in [0.4, 0.5) is 0 Å². The van der Waals surface area contributed by atoms with E-state index in [2.05, 4.69) is 11.4 Å². The number of hydrogen-bond acceptors (Lipinski definition) is 4. The van der Waals surface area contributed by atoms with Crippen LogP contribution in [0.1, 0.15) is 27.2 Å². The number of likely N-dealkylation sites (tertiary alicyclic amines) is 1. The molecule has 1 heterocycles. The first-order valence-corrected chi connectivity index (χ1v) is 6.00. The van der Waals surface area contributed by atoms with Gasteiger partial charge in [0, 0.05) is 13.1 Å². The second-order valence-electron chi connectivity index (χ2n) is 5.19. The molecule has 1 aliphatic rings. The van der Waals surface area contributed by atoms with E-state index in [0.717, 1.165) is 6.54 Å². The molecule has 1 fully saturated rings. The summed E-state index contributed by atoms with van der Waals surface area (Å²) < 4.78 is 0. The normalized spacial score (nSPS) is 24.4. The summed E-state index contributed by atoms with van der Waals surface area (Å²) in [4.78, 5) is 13.7. The Hall–Kier alpha value is -1.12. The standard InChI is InChI=1S/C12H21N3O2/c1-9(2)12(3,8-13)14-11(17)7-15-5-4-10(16)6-15/h9-10,16H,4-7H2,1-3H3,(H,14,17)/t10-,12?/m0/s1. The van der Waals surface area contributed by atoms with Gasteiger partial charge in [0.15, 0.2) is 0 Å². The second kappa shape index (κ2) is 5.48. The minimum Gasteiger partial charge on any atom is -0.392 e. The number of nitrogens with one attached hydrogen (secondary N) is 1. The predicted molar refractivity (Wildman–Crippen MR) is 64.1 cm³/mol. The van der Waals surface area contributed by atoms with Crippen molar-refractivity contribution in [2.24, 2.45) is 5.92 Å². The van der Waals surface area contributed by atoms with Crippen molar-refractivity contribution in [2.75, 3.05) is 19.6 Å². The highest BCUT2D eigenvalue weighted by molar-refractivity contribution is 5.79. The Labute approximate surface area is 102 Å². The monoisotopic (exact) mass is 239 g/mol. The van der Waals surface area contributed by atoms with Gasteiger partial charge in [-0.25, -0.2) is 0 Å². The zero-order valence-electron chi connectivity index (χ0n) is 10.7. The van der Waals surface area contributed by atoms with E-state index in [-0.39, 0.29) is 24.5 Å². The van der Waals surface area contributed by atoms with Gasteiger partial charge in [-0.15, -0.1) is 0 Å². The molecule has 0 aromatic rings. The molecule has 5 nitrogen and oxygen atoms in total. The van der Waals surface area contributed by atoms with E-state index >= 15 is 0 Å². The third-order valence-electron chi connectivity index (χ3n) is 3.40. The van der Waals surface area contributed by atoms with Crippen LogP contribution in [0.5, 0.6) is 0 Å². The van der Waals surface area contributed by atoms with Gasteiger partial charge in [-0.2, -0.15) is 5.26 Å². The van der Waals surface area contributed by atoms with Gasteiger partial charge in [0.05, 0.1) is 18.7 Å². The lowest BCUT2D eigenvalue weighted by atomic mass is 9.90. The number of rotatable bonds is 4. The summed E-state index contributed by atoms with van der Waals surface area (Å²) in [6.07, 6.45) is 0.391. The van der Waals surface area contributed by atoms with Gasteiger partial charge in [0.2, 0.25) is 5.91 Å². The van der Waals surface area contributed by atoms with Crippen molar-refractivity contribution in [1.82, 2.24) is 10.2 Å². The van der Waals surface area contributed by atoms with E-state index < -0.39 is 5.54 Å². The number of carbonyl (C=O) groups excluding carboxylic acids is 1. The van der Waals surface area contributed by atoms with E-state index in [9.17, 15) is 9.90 Å². The van der Waals surface area contributed by atoms with Crippen LogP contribution in [-0.4, -0.2) is 47.2 Å². The van der Waals surface area contributed by atoms with Crippen molar-refractivity contribution in [3.8, 4) is 6.07 Å². The molecule has 17 heavy (non-hydrogen) atoms. The van der Waals surface area contributed by atoms with Crippen molar-refractivity contribution in [1.29, 1.82) is 5.26 Å². The molecule has 96 valence electrons. The number of hydrogen-bond donors (Lipinski definition) is 2. The van der Waals surface area contributed by atoms with E-state index in [1.807, 2.05) is 18.7 Å². The maximum atomic E-state index is 11.8. The lowest BCUT2D eigenvalue weighted by Gasteiger charge is -2.28. The molecule has 0 bridgehead atoms. The molecular weight excluding hydrogens is 218 g/mol. The molecule has 0 aliphatic carbocycles. The van der Waals surface area contributed by atoms with Gasteiger partial charge in [-0.3, -0.25) is 9.69 Å². The quantitative estimate of drug-likeness (QED) is 0.730. The lowest BCUT2D eigenvalue weighted by molar-refractivity contribution is -0.123. The molecule has 2 atom stereocenters. The summed E-state index contributed by atoms with van der Waals surface area (Å²) in [7, 11) is 0. The Kier molecular flexibility index (Phi) is 4.49. The van der Waals surface area contributed by atoms with Crippen molar-refractivity contribution < 1.29 is 9.90 Å². The molecule has 1 rings (SSSR count). The van der Waals surface area contributed by atoms with Crippen LogP contribution in [0.3, 0.4) is 0 Å². The maximum Gasteiger partial charge on any atom is 0.235 e. The largest absolute Gasteiger partial charge is 0.392 e. The second-order valence-corrected chi connectivity index (χ2v) is 5.19. The lowest BCUT2D eigenvalue weighted by Crippen LogP contribution is -2.51. The fraction of sp³-hybridized carbons (Fsp3) is 0.833. The third kappa shape index (κ3) is 3.69. The Bertz CT molecular complexity index is 324. The van der Waals surface area contributed by atoms with Gasteiger partial charge in [0.1, 0.15) is 5.54 Å². The molecule has 0 saturated carbocycles. The molecular formula is C12H21N3O2. The molecule has 1 saturated heterocycles. The predicted octanol–water partition coefficient (Wildman–Crippen LogP) is 0.107. The fourth-order valence-electron chi connectivity index (χ4n) is 1.79. The molecule has 0 aromatic heterocycles. The van der Waals surface area contributed by atoms with Crippen LogP contribution in [0.2, 0.25) is 0 Å². The van der Waals surface area contributed by atoms with E-state index in [1.165, 1.54) is 0 Å². The summed E-state index contributed by atoms with van der Waals surface area (Å²) >= 11 is 0. The van der Waals surface area contributed by atoms with E-state index in [1.54, 1.807) is 6.92 Å². The van der Waals surface area contributed by atoms with Crippen LogP contribution in [0, 0.1) is 17.2 Å². The SMILES string of the molecule is CC(C)C(C)(C#N)NC(=O)CN1CC[C@H](O)C1. The molecule has 5 heteroatoms. The summed E-state index contributed by atoms with van der Waals surface area (Å²) in [5.74, 6) is -0.0996. The zero-order chi connectivity index (χ0) is 13.1. The minimum atomic E-state index is -0.824. The highest BCUT2D eigenvalue weighted by atomic mass is 16.3. The summed E-state index contributed by atoms with van der Waals surface area (Å²) in [5.41, 5.74) is -0.824. The number of aliphatic hydroxyl groups is 1. The van der Waals surface area contributed by atoms with Gasteiger partial charge in [0.25, 0.3) is 0 Å². The van der Waals surface area contributed by atoms with Crippen LogP contribution in [-0.2, 0) is 4.79 Å². The molecule has 1 unspecified atom stereocenters. The number of carbonyl (C=O) groups is 1. The van der Waals surface area contributed by atoms with Crippen molar-refractivity contribution in [3.05, 3.63) is 0 Å². The van der Waals surface area contributed by atoms with E-state index in [4.69, 9.17) is 5.26 Å². The van der Waals surface area contributed by atoms with Gasteiger partial charge >= 0.3 is 0 Å². The van der Waals surface area contributed by atoms with Gasteiger partial charge in [-0.1, -0.05) is 13.8 Å². The first-order chi connectivity index (χ1) is 7.87. The van der Waals surface area contributed by atoms with Crippen molar-refractivity contribution >= 4 is 5.91 Å². The molecule has 1 amide bonds. The first kappa shape index (κ1) is 13.9. The molecule has 0 spiro atoms. The summed E-state index contributed by atoms with van der Waals surface area (Å²) in [6.45, 7) is 7.07. The number of nitrogens with zero attached hydrogens (tertiary/aromatic N) is 2. The molecule has 0 aromatic carbocycles. The highest BCUT2D eigenvalue weighted by Gasteiger charge is 2.31. The average Bonchev–Trinajstić information content (AvgIpc) is 2.63. The highest BCUT2D eigenvalue weighted by Crippen LogP contribution is 2.15. The Morgan fingerprint density at radius 3 is 2.76 bits per heavy atom. The number of nitriles is 1. The summed E-state index contributed by atoms with van der Waals surface area (Å²) in [5, 5.41) is 21.2. The Morgan fingerprint density at radius 1 is 1.71 bits per heavy atom. The van der Waals surface area contributed by atoms with Crippen LogP contribution in [0.15, 0.2) is 0 Å². The zero-order valence-corrected chi connectivity index (χ0v) is 10.7. The smallest absolute Gasteiger partial charge is 0.235 e. The Balaban J connectivity index is 2.47. The van der Waals surface area contributed by atoms with Crippen LogP contribution >= 0.6 is 0 Å². The van der Waals surface area contributed by atoms with Crippen LogP contribution in [0.25, 0.3) is 0 Å². The molecule has 0 radical (unpaired) electrons. The first-order valence-electron chi connectivity index (χ1n) is 6.00. The van der Waals surface area contributed by atoms with Gasteiger partial charge in [-0.05, 0) is 19.3 Å². The fourth-order valence-corrected chi connectivity index (χ4v) is 1.79. The average molecular weight is 239 g/mol. The molecule has 1 aliphatic heterocycles. The van der Waals surface area contributed by atoms with Crippen molar-refractivity contribution in [3.63, 3.8) is 0 Å². The number of aliphatic hydroxyl groups excluding tert-OH is 1. The van der Waals surface area contributed by atoms with Gasteiger partial charge < -0.3 is 10.4 Å². The Morgan fingerprint density at radius 2 is 2.35 bits per heavy atom.